The number of nitrogens with one attached hydrogen (secondary N) is 1. The van der Waals surface area contributed by atoms with E-state index in [1.165, 1.54) is 0 Å². The van der Waals surface area contributed by atoms with Crippen LogP contribution >= 0.6 is 0 Å². The molecule has 3 aromatic carbocycles. The normalized spacial score (nSPS) is 13.2. The molecule has 0 spiro atoms. The average molecular weight is 317 g/mol. The SMILES string of the molecule is C=C[C@@H](c1ccc2ccccc2c1)[C@@H](O)C(=O)Nc1ccccc1. The molecule has 0 radical (unpaired) electrons. The van der Waals surface area contributed by atoms with Crippen molar-refractivity contribution >= 4 is 22.4 Å². The maximum atomic E-state index is 12.3. The van der Waals surface area contributed by atoms with E-state index in [1.54, 1.807) is 18.2 Å². The molecule has 0 heterocycles. The van der Waals surface area contributed by atoms with E-state index >= 15 is 0 Å². The summed E-state index contributed by atoms with van der Waals surface area (Å²) < 4.78 is 0. The molecule has 2 N–H and O–H groups in total. The predicted molar refractivity (Wildman–Crippen MR) is 98.0 cm³/mol. The fraction of sp³-hybridized carbons (Fsp3) is 0.0952. The van der Waals surface area contributed by atoms with Gasteiger partial charge in [-0.2, -0.15) is 0 Å². The molecule has 3 heteroatoms. The van der Waals surface area contributed by atoms with Gasteiger partial charge >= 0.3 is 0 Å². The van der Waals surface area contributed by atoms with Gasteiger partial charge in [0.05, 0.1) is 0 Å². The number of hydrogen-bond acceptors (Lipinski definition) is 2. The summed E-state index contributed by atoms with van der Waals surface area (Å²) >= 11 is 0. The number of para-hydroxylation sites is 1. The van der Waals surface area contributed by atoms with Crippen LogP contribution in [0.4, 0.5) is 5.69 Å². The molecular formula is C21H19NO2. The molecule has 0 bridgehead atoms. The second-order valence-electron chi connectivity index (χ2n) is 5.67. The third-order valence-electron chi connectivity index (χ3n) is 4.06. The topological polar surface area (TPSA) is 49.3 Å². The zero-order chi connectivity index (χ0) is 16.9. The Bertz CT molecular complexity index is 858. The van der Waals surface area contributed by atoms with Crippen molar-refractivity contribution in [2.24, 2.45) is 0 Å². The van der Waals surface area contributed by atoms with Gasteiger partial charge < -0.3 is 10.4 Å². The van der Waals surface area contributed by atoms with Crippen LogP contribution in [0.5, 0.6) is 0 Å². The number of hydrogen-bond donors (Lipinski definition) is 2. The van der Waals surface area contributed by atoms with Gasteiger partial charge in [0.1, 0.15) is 6.10 Å². The number of rotatable bonds is 5. The molecule has 0 aromatic heterocycles. The van der Waals surface area contributed by atoms with Gasteiger partial charge in [-0.15, -0.1) is 6.58 Å². The first kappa shape index (κ1) is 16.0. The summed E-state index contributed by atoms with van der Waals surface area (Å²) in [5, 5.41) is 15.4. The lowest BCUT2D eigenvalue weighted by molar-refractivity contribution is -0.124. The van der Waals surface area contributed by atoms with E-state index in [4.69, 9.17) is 0 Å². The summed E-state index contributed by atoms with van der Waals surface area (Å²) in [6.45, 7) is 3.79. The highest BCUT2D eigenvalue weighted by Crippen LogP contribution is 2.26. The number of fused-ring (bicyclic) bond motifs is 1. The van der Waals surface area contributed by atoms with Crippen LogP contribution in [-0.4, -0.2) is 17.1 Å². The number of aliphatic hydroxyl groups excluding tert-OH is 1. The minimum atomic E-state index is -1.20. The van der Waals surface area contributed by atoms with Crippen molar-refractivity contribution in [3.63, 3.8) is 0 Å². The van der Waals surface area contributed by atoms with Crippen LogP contribution in [0.15, 0.2) is 85.5 Å². The molecule has 1 amide bonds. The summed E-state index contributed by atoms with van der Waals surface area (Å²) in [7, 11) is 0. The minimum absolute atomic E-state index is 0.445. The molecule has 0 saturated heterocycles. The first-order chi connectivity index (χ1) is 11.7. The monoisotopic (exact) mass is 317 g/mol. The van der Waals surface area contributed by atoms with Crippen molar-refractivity contribution in [2.75, 3.05) is 5.32 Å². The fourth-order valence-corrected chi connectivity index (χ4v) is 2.76. The van der Waals surface area contributed by atoms with E-state index in [0.717, 1.165) is 16.3 Å². The Morgan fingerprint density at radius 2 is 1.62 bits per heavy atom. The van der Waals surface area contributed by atoms with Crippen molar-refractivity contribution in [3.05, 3.63) is 91.0 Å². The summed E-state index contributed by atoms with van der Waals surface area (Å²) in [5.74, 6) is -0.919. The highest BCUT2D eigenvalue weighted by molar-refractivity contribution is 5.95. The zero-order valence-electron chi connectivity index (χ0n) is 13.2. The highest BCUT2D eigenvalue weighted by atomic mass is 16.3. The van der Waals surface area contributed by atoms with Crippen LogP contribution in [0.3, 0.4) is 0 Å². The molecule has 3 nitrogen and oxygen atoms in total. The van der Waals surface area contributed by atoms with E-state index in [-0.39, 0.29) is 0 Å². The van der Waals surface area contributed by atoms with Gasteiger partial charge in [0.25, 0.3) is 5.91 Å². The Hall–Kier alpha value is -2.91. The number of carbonyl (C=O) groups excluding carboxylic acids is 1. The molecule has 0 unspecified atom stereocenters. The summed E-state index contributed by atoms with van der Waals surface area (Å²) in [6.07, 6.45) is 0.406. The molecule has 0 fully saturated rings. The molecule has 2 atom stereocenters. The summed E-state index contributed by atoms with van der Waals surface area (Å²) in [5.41, 5.74) is 1.52. The van der Waals surface area contributed by atoms with Gasteiger partial charge in [0, 0.05) is 11.6 Å². The fourth-order valence-electron chi connectivity index (χ4n) is 2.76. The van der Waals surface area contributed by atoms with Crippen molar-refractivity contribution in [1.82, 2.24) is 0 Å². The Balaban J connectivity index is 1.83. The zero-order valence-corrected chi connectivity index (χ0v) is 13.2. The molecule has 0 aliphatic carbocycles. The summed E-state index contributed by atoms with van der Waals surface area (Å²) in [6, 6.07) is 23.0. The van der Waals surface area contributed by atoms with Gasteiger partial charge in [-0.3, -0.25) is 4.79 Å². The quantitative estimate of drug-likeness (QED) is 0.696. The van der Waals surface area contributed by atoms with Gasteiger partial charge in [0.2, 0.25) is 0 Å². The smallest absolute Gasteiger partial charge is 0.254 e. The van der Waals surface area contributed by atoms with Crippen LogP contribution in [-0.2, 0) is 4.79 Å². The molecular weight excluding hydrogens is 298 g/mol. The Morgan fingerprint density at radius 1 is 0.958 bits per heavy atom. The lowest BCUT2D eigenvalue weighted by Crippen LogP contribution is -2.32. The molecule has 3 rings (SSSR count). The Morgan fingerprint density at radius 3 is 2.33 bits per heavy atom. The molecule has 0 aliphatic heterocycles. The Kier molecular flexibility index (Phi) is 4.73. The highest BCUT2D eigenvalue weighted by Gasteiger charge is 2.25. The number of benzene rings is 3. The average Bonchev–Trinajstić information content (AvgIpc) is 2.63. The van der Waals surface area contributed by atoms with Gasteiger partial charge in [-0.05, 0) is 28.5 Å². The number of aliphatic hydroxyl groups is 1. The number of anilines is 1. The molecule has 24 heavy (non-hydrogen) atoms. The van der Waals surface area contributed by atoms with Gasteiger partial charge in [-0.25, -0.2) is 0 Å². The van der Waals surface area contributed by atoms with Crippen LogP contribution < -0.4 is 5.32 Å². The van der Waals surface area contributed by atoms with E-state index in [2.05, 4.69) is 11.9 Å². The second kappa shape index (κ2) is 7.11. The van der Waals surface area contributed by atoms with E-state index in [0.29, 0.717) is 5.69 Å². The van der Waals surface area contributed by atoms with Crippen LogP contribution in [0.1, 0.15) is 11.5 Å². The van der Waals surface area contributed by atoms with Gasteiger partial charge in [0.15, 0.2) is 0 Å². The molecule has 0 saturated carbocycles. The van der Waals surface area contributed by atoms with Crippen molar-refractivity contribution in [3.8, 4) is 0 Å². The first-order valence-corrected chi connectivity index (χ1v) is 7.84. The number of amides is 1. The van der Waals surface area contributed by atoms with Gasteiger partial charge in [-0.1, -0.05) is 66.7 Å². The molecule has 120 valence electrons. The number of carbonyl (C=O) groups is 1. The third-order valence-corrected chi connectivity index (χ3v) is 4.06. The van der Waals surface area contributed by atoms with Crippen LogP contribution in [0, 0.1) is 0 Å². The maximum absolute atomic E-state index is 12.3. The lowest BCUT2D eigenvalue weighted by atomic mass is 9.91. The first-order valence-electron chi connectivity index (χ1n) is 7.84. The lowest BCUT2D eigenvalue weighted by Gasteiger charge is -2.20. The summed E-state index contributed by atoms with van der Waals surface area (Å²) in [4.78, 5) is 12.3. The van der Waals surface area contributed by atoms with Crippen molar-refractivity contribution in [2.45, 2.75) is 12.0 Å². The maximum Gasteiger partial charge on any atom is 0.254 e. The molecule has 3 aromatic rings. The van der Waals surface area contributed by atoms with Crippen molar-refractivity contribution in [1.29, 1.82) is 0 Å². The minimum Gasteiger partial charge on any atom is -0.382 e. The third kappa shape index (κ3) is 3.36. The second-order valence-corrected chi connectivity index (χ2v) is 5.67. The molecule has 0 aliphatic rings. The largest absolute Gasteiger partial charge is 0.382 e. The Labute approximate surface area is 141 Å². The van der Waals surface area contributed by atoms with E-state index < -0.39 is 17.9 Å². The van der Waals surface area contributed by atoms with Crippen LogP contribution in [0.2, 0.25) is 0 Å². The van der Waals surface area contributed by atoms with Crippen LogP contribution in [0.25, 0.3) is 10.8 Å². The predicted octanol–water partition coefficient (Wildman–Crippen LogP) is 4.11. The van der Waals surface area contributed by atoms with E-state index in [1.807, 2.05) is 60.7 Å². The standard InChI is InChI=1S/C21H19NO2/c1-2-19(17-13-12-15-8-6-7-9-16(15)14-17)20(23)21(24)22-18-10-4-3-5-11-18/h2-14,19-20,23H,1H2,(H,22,24)/t19-,20+/m0/s1. The van der Waals surface area contributed by atoms with Crippen molar-refractivity contribution < 1.29 is 9.90 Å². The van der Waals surface area contributed by atoms with E-state index in [9.17, 15) is 9.90 Å².